The molecule has 1 aromatic heterocycles. The van der Waals surface area contributed by atoms with Crippen LogP contribution in [-0.4, -0.2) is 75.6 Å². The standard InChI is InChI=1S/C24H31N5O/c1-18-4-2-5-22-16-28(12-13-29(18)22)24(30)17-27-11-9-19-14-20(7-8-21(19)15-27)23-6-3-10-25-26-23/h3,6-8,10,14,18,22H,2,4-5,9,11-13,15-17H2,1H3. The smallest absolute Gasteiger partial charge is 0.236 e. The molecule has 2 aromatic rings. The number of hydrogen-bond acceptors (Lipinski definition) is 5. The van der Waals surface area contributed by atoms with Crippen LogP contribution in [0.5, 0.6) is 0 Å². The second-order valence-electron chi connectivity index (χ2n) is 9.06. The summed E-state index contributed by atoms with van der Waals surface area (Å²) in [7, 11) is 0. The van der Waals surface area contributed by atoms with Gasteiger partial charge in [-0.2, -0.15) is 10.2 Å². The zero-order valence-corrected chi connectivity index (χ0v) is 17.8. The van der Waals surface area contributed by atoms with Gasteiger partial charge in [0, 0.05) is 56.6 Å². The summed E-state index contributed by atoms with van der Waals surface area (Å²) in [6, 6.07) is 11.7. The first kappa shape index (κ1) is 19.6. The number of carbonyl (C=O) groups excluding carboxylic acids is 1. The first-order valence-corrected chi connectivity index (χ1v) is 11.3. The van der Waals surface area contributed by atoms with Gasteiger partial charge in [-0.1, -0.05) is 18.6 Å². The van der Waals surface area contributed by atoms with Crippen LogP contribution in [0.3, 0.4) is 0 Å². The van der Waals surface area contributed by atoms with Gasteiger partial charge in [-0.25, -0.2) is 0 Å². The lowest BCUT2D eigenvalue weighted by Crippen LogP contribution is -2.59. The lowest BCUT2D eigenvalue weighted by molar-refractivity contribution is -0.137. The van der Waals surface area contributed by atoms with E-state index in [0.717, 1.165) is 50.4 Å². The van der Waals surface area contributed by atoms with Gasteiger partial charge >= 0.3 is 0 Å². The van der Waals surface area contributed by atoms with Gasteiger partial charge < -0.3 is 4.90 Å². The van der Waals surface area contributed by atoms with Gasteiger partial charge in [0.25, 0.3) is 0 Å². The van der Waals surface area contributed by atoms with Crippen molar-refractivity contribution in [2.24, 2.45) is 0 Å². The first-order valence-electron chi connectivity index (χ1n) is 11.3. The summed E-state index contributed by atoms with van der Waals surface area (Å²) >= 11 is 0. The molecule has 2 saturated heterocycles. The van der Waals surface area contributed by atoms with Crippen molar-refractivity contribution in [2.45, 2.75) is 51.2 Å². The molecule has 2 unspecified atom stereocenters. The molecule has 2 atom stereocenters. The van der Waals surface area contributed by atoms with Crippen molar-refractivity contribution in [2.75, 3.05) is 32.7 Å². The van der Waals surface area contributed by atoms with Crippen LogP contribution in [0.25, 0.3) is 11.3 Å². The third-order valence-electron chi connectivity index (χ3n) is 7.13. The van der Waals surface area contributed by atoms with Crippen molar-refractivity contribution in [3.8, 4) is 11.3 Å². The third kappa shape index (κ3) is 3.98. The summed E-state index contributed by atoms with van der Waals surface area (Å²) in [5, 5.41) is 8.21. The van der Waals surface area contributed by atoms with Gasteiger partial charge in [-0.15, -0.1) is 0 Å². The molecule has 158 valence electrons. The number of aromatic nitrogens is 2. The molecule has 2 fully saturated rings. The molecule has 3 aliphatic rings. The monoisotopic (exact) mass is 405 g/mol. The van der Waals surface area contributed by atoms with E-state index in [1.165, 1.54) is 30.4 Å². The number of benzene rings is 1. The molecule has 0 radical (unpaired) electrons. The number of amides is 1. The minimum absolute atomic E-state index is 0.299. The average Bonchev–Trinajstić information content (AvgIpc) is 2.79. The molecule has 0 spiro atoms. The van der Waals surface area contributed by atoms with Crippen LogP contribution in [0.15, 0.2) is 36.5 Å². The fourth-order valence-electron chi connectivity index (χ4n) is 5.40. The van der Waals surface area contributed by atoms with Gasteiger partial charge in [0.1, 0.15) is 0 Å². The van der Waals surface area contributed by atoms with E-state index in [0.29, 0.717) is 24.5 Å². The van der Waals surface area contributed by atoms with E-state index >= 15 is 0 Å². The molecule has 4 heterocycles. The zero-order chi connectivity index (χ0) is 20.5. The van der Waals surface area contributed by atoms with E-state index in [4.69, 9.17) is 0 Å². The van der Waals surface area contributed by atoms with Crippen molar-refractivity contribution >= 4 is 5.91 Å². The Kier molecular flexibility index (Phi) is 5.52. The van der Waals surface area contributed by atoms with Crippen LogP contribution in [0, 0.1) is 0 Å². The highest BCUT2D eigenvalue weighted by molar-refractivity contribution is 5.78. The van der Waals surface area contributed by atoms with Crippen molar-refractivity contribution in [1.29, 1.82) is 0 Å². The average molecular weight is 406 g/mol. The second-order valence-corrected chi connectivity index (χ2v) is 9.06. The highest BCUT2D eigenvalue weighted by Gasteiger charge is 2.34. The molecule has 3 aliphatic heterocycles. The molecule has 6 heteroatoms. The van der Waals surface area contributed by atoms with Gasteiger partial charge in [-0.3, -0.25) is 14.6 Å². The lowest BCUT2D eigenvalue weighted by atomic mass is 9.94. The molecule has 0 N–H and O–H groups in total. The van der Waals surface area contributed by atoms with E-state index in [9.17, 15) is 4.79 Å². The highest BCUT2D eigenvalue weighted by Crippen LogP contribution is 2.27. The van der Waals surface area contributed by atoms with E-state index in [1.54, 1.807) is 6.20 Å². The quantitative estimate of drug-likeness (QED) is 0.786. The van der Waals surface area contributed by atoms with Crippen LogP contribution in [0.2, 0.25) is 0 Å². The Labute approximate surface area is 178 Å². The van der Waals surface area contributed by atoms with Crippen molar-refractivity contribution < 1.29 is 4.79 Å². The first-order chi connectivity index (χ1) is 14.7. The number of hydrogen-bond donors (Lipinski definition) is 0. The van der Waals surface area contributed by atoms with Gasteiger partial charge in [0.2, 0.25) is 5.91 Å². The molecule has 0 saturated carbocycles. The molecule has 5 rings (SSSR count). The van der Waals surface area contributed by atoms with E-state index < -0.39 is 0 Å². The summed E-state index contributed by atoms with van der Waals surface area (Å²) in [5.41, 5.74) is 4.72. The number of piperidine rings is 1. The summed E-state index contributed by atoms with van der Waals surface area (Å²) in [4.78, 5) is 20.1. The SMILES string of the molecule is CC1CCCC2CN(C(=O)CN3CCc4cc(-c5cccnn5)ccc4C3)CCN12. The molecular formula is C24H31N5O. The molecule has 6 nitrogen and oxygen atoms in total. The Hall–Kier alpha value is -2.31. The molecule has 1 amide bonds. The normalized spacial score (nSPS) is 24.9. The topological polar surface area (TPSA) is 52.6 Å². The maximum atomic E-state index is 13.0. The minimum Gasteiger partial charge on any atom is -0.339 e. The maximum absolute atomic E-state index is 13.0. The second kappa shape index (κ2) is 8.44. The zero-order valence-electron chi connectivity index (χ0n) is 17.8. The molecule has 1 aromatic carbocycles. The van der Waals surface area contributed by atoms with Crippen LogP contribution >= 0.6 is 0 Å². The molecule has 0 bridgehead atoms. The summed E-state index contributed by atoms with van der Waals surface area (Å²) < 4.78 is 0. The highest BCUT2D eigenvalue weighted by atomic mass is 16.2. The van der Waals surface area contributed by atoms with Gasteiger partial charge in [-0.05, 0) is 55.5 Å². The molecule has 0 aliphatic carbocycles. The van der Waals surface area contributed by atoms with Crippen LogP contribution in [-0.2, 0) is 17.8 Å². The Balaban J connectivity index is 1.20. The fourth-order valence-corrected chi connectivity index (χ4v) is 5.40. The molecule has 30 heavy (non-hydrogen) atoms. The summed E-state index contributed by atoms with van der Waals surface area (Å²) in [6.07, 6.45) is 6.51. The largest absolute Gasteiger partial charge is 0.339 e. The predicted molar refractivity (Wildman–Crippen MR) is 117 cm³/mol. The number of nitrogens with zero attached hydrogens (tertiary/aromatic N) is 5. The number of rotatable bonds is 3. The fraction of sp³-hybridized carbons (Fsp3) is 0.542. The van der Waals surface area contributed by atoms with Crippen LogP contribution < -0.4 is 0 Å². The Morgan fingerprint density at radius 2 is 2.07 bits per heavy atom. The van der Waals surface area contributed by atoms with Gasteiger partial charge in [0.15, 0.2) is 0 Å². The van der Waals surface area contributed by atoms with Crippen LogP contribution in [0.4, 0.5) is 0 Å². The Morgan fingerprint density at radius 3 is 2.93 bits per heavy atom. The van der Waals surface area contributed by atoms with E-state index in [1.807, 2.05) is 12.1 Å². The molecular weight excluding hydrogens is 374 g/mol. The number of carbonyl (C=O) groups is 1. The third-order valence-corrected chi connectivity index (χ3v) is 7.13. The summed E-state index contributed by atoms with van der Waals surface area (Å²) in [5.74, 6) is 0.299. The van der Waals surface area contributed by atoms with Crippen LogP contribution in [0.1, 0.15) is 37.3 Å². The lowest BCUT2D eigenvalue weighted by Gasteiger charge is -2.47. The Bertz CT molecular complexity index is 902. The summed E-state index contributed by atoms with van der Waals surface area (Å²) in [6.45, 7) is 7.48. The minimum atomic E-state index is 0.299. The van der Waals surface area contributed by atoms with Crippen molar-refractivity contribution in [3.05, 3.63) is 47.7 Å². The Morgan fingerprint density at radius 1 is 1.13 bits per heavy atom. The number of fused-ring (bicyclic) bond motifs is 2. The predicted octanol–water partition coefficient (Wildman–Crippen LogP) is 2.59. The van der Waals surface area contributed by atoms with E-state index in [-0.39, 0.29) is 0 Å². The van der Waals surface area contributed by atoms with Crippen molar-refractivity contribution in [3.63, 3.8) is 0 Å². The van der Waals surface area contributed by atoms with Crippen molar-refractivity contribution in [1.82, 2.24) is 24.9 Å². The van der Waals surface area contributed by atoms with E-state index in [2.05, 4.69) is 50.0 Å². The number of piperazine rings is 1. The maximum Gasteiger partial charge on any atom is 0.236 e. The van der Waals surface area contributed by atoms with Gasteiger partial charge in [0.05, 0.1) is 12.2 Å².